The summed E-state index contributed by atoms with van der Waals surface area (Å²) in [7, 11) is 2.07. The van der Waals surface area contributed by atoms with Gasteiger partial charge in [-0.3, -0.25) is 0 Å². The highest BCUT2D eigenvalue weighted by Gasteiger charge is 2.11. The summed E-state index contributed by atoms with van der Waals surface area (Å²) in [4.78, 5) is 4.63. The second-order valence-corrected chi connectivity index (χ2v) is 5.82. The third-order valence-corrected chi connectivity index (χ3v) is 4.02. The normalized spacial score (nSPS) is 11.2. The fourth-order valence-corrected chi connectivity index (χ4v) is 2.72. The zero-order valence-corrected chi connectivity index (χ0v) is 12.8. The molecule has 0 atom stereocenters. The van der Waals surface area contributed by atoms with Crippen molar-refractivity contribution in [3.63, 3.8) is 0 Å². The SMILES string of the molecule is Cc1cc(-c2ccc(Br)cc2)c2c(c1)nc(C)n2C. The van der Waals surface area contributed by atoms with Crippen molar-refractivity contribution in [2.24, 2.45) is 7.05 Å². The van der Waals surface area contributed by atoms with Gasteiger partial charge in [0, 0.05) is 17.1 Å². The van der Waals surface area contributed by atoms with Gasteiger partial charge >= 0.3 is 0 Å². The Morgan fingerprint density at radius 3 is 2.42 bits per heavy atom. The molecule has 0 saturated carbocycles. The van der Waals surface area contributed by atoms with Crippen LogP contribution in [0.25, 0.3) is 22.2 Å². The Morgan fingerprint density at radius 1 is 1.05 bits per heavy atom. The van der Waals surface area contributed by atoms with Crippen molar-refractivity contribution in [1.29, 1.82) is 0 Å². The summed E-state index contributed by atoms with van der Waals surface area (Å²) in [5, 5.41) is 0. The monoisotopic (exact) mass is 314 g/mol. The zero-order chi connectivity index (χ0) is 13.6. The molecule has 2 aromatic carbocycles. The second-order valence-electron chi connectivity index (χ2n) is 4.91. The molecule has 0 spiro atoms. The highest BCUT2D eigenvalue weighted by atomic mass is 79.9. The molecule has 0 saturated heterocycles. The lowest BCUT2D eigenvalue weighted by Gasteiger charge is -2.08. The Balaban J connectivity index is 2.36. The van der Waals surface area contributed by atoms with E-state index in [1.54, 1.807) is 0 Å². The van der Waals surface area contributed by atoms with E-state index in [1.165, 1.54) is 22.2 Å². The molecular formula is C16H15BrN2. The van der Waals surface area contributed by atoms with Crippen LogP contribution in [-0.4, -0.2) is 9.55 Å². The number of fused-ring (bicyclic) bond motifs is 1. The van der Waals surface area contributed by atoms with Crippen LogP contribution in [-0.2, 0) is 7.05 Å². The number of imidazole rings is 1. The first-order chi connectivity index (χ1) is 9.06. The second kappa shape index (κ2) is 4.49. The summed E-state index contributed by atoms with van der Waals surface area (Å²) >= 11 is 3.48. The summed E-state index contributed by atoms with van der Waals surface area (Å²) in [5.41, 5.74) is 5.97. The highest BCUT2D eigenvalue weighted by Crippen LogP contribution is 2.31. The van der Waals surface area contributed by atoms with Gasteiger partial charge < -0.3 is 4.57 Å². The number of rotatable bonds is 1. The molecule has 0 aliphatic carbocycles. The maximum atomic E-state index is 4.63. The highest BCUT2D eigenvalue weighted by molar-refractivity contribution is 9.10. The van der Waals surface area contributed by atoms with Gasteiger partial charge in [-0.1, -0.05) is 28.1 Å². The Morgan fingerprint density at radius 2 is 1.74 bits per heavy atom. The van der Waals surface area contributed by atoms with E-state index in [1.807, 2.05) is 6.92 Å². The van der Waals surface area contributed by atoms with E-state index >= 15 is 0 Å². The van der Waals surface area contributed by atoms with E-state index < -0.39 is 0 Å². The predicted molar refractivity (Wildman–Crippen MR) is 83.3 cm³/mol. The largest absolute Gasteiger partial charge is 0.331 e. The first kappa shape index (κ1) is 12.4. The molecule has 1 heterocycles. The predicted octanol–water partition coefficient (Wildman–Crippen LogP) is 4.62. The van der Waals surface area contributed by atoms with Crippen LogP contribution in [0, 0.1) is 13.8 Å². The molecule has 0 unspecified atom stereocenters. The molecule has 1 aromatic heterocycles. The van der Waals surface area contributed by atoms with Gasteiger partial charge in [-0.25, -0.2) is 4.98 Å². The Labute approximate surface area is 121 Å². The molecule has 19 heavy (non-hydrogen) atoms. The third-order valence-electron chi connectivity index (χ3n) is 3.49. The smallest absolute Gasteiger partial charge is 0.106 e. The number of nitrogens with zero attached hydrogens (tertiary/aromatic N) is 2. The fourth-order valence-electron chi connectivity index (χ4n) is 2.46. The van der Waals surface area contributed by atoms with Crippen LogP contribution < -0.4 is 0 Å². The Hall–Kier alpha value is -1.61. The van der Waals surface area contributed by atoms with E-state index in [2.05, 4.69) is 75.9 Å². The van der Waals surface area contributed by atoms with Crippen molar-refractivity contribution < 1.29 is 0 Å². The molecule has 2 nitrogen and oxygen atoms in total. The fraction of sp³-hybridized carbons (Fsp3) is 0.188. The number of hydrogen-bond acceptors (Lipinski definition) is 1. The van der Waals surface area contributed by atoms with Crippen molar-refractivity contribution in [3.8, 4) is 11.1 Å². The molecule has 0 aliphatic rings. The van der Waals surface area contributed by atoms with Gasteiger partial charge in [0.05, 0.1) is 11.0 Å². The number of aromatic nitrogens is 2. The lowest BCUT2D eigenvalue weighted by molar-refractivity contribution is 0.886. The van der Waals surface area contributed by atoms with E-state index in [4.69, 9.17) is 0 Å². The van der Waals surface area contributed by atoms with Crippen molar-refractivity contribution in [2.75, 3.05) is 0 Å². The van der Waals surface area contributed by atoms with Crippen molar-refractivity contribution in [2.45, 2.75) is 13.8 Å². The minimum absolute atomic E-state index is 1.04. The number of hydrogen-bond donors (Lipinski definition) is 0. The van der Waals surface area contributed by atoms with Crippen molar-refractivity contribution in [1.82, 2.24) is 9.55 Å². The van der Waals surface area contributed by atoms with Gasteiger partial charge in [0.25, 0.3) is 0 Å². The van der Waals surface area contributed by atoms with Gasteiger partial charge in [0.15, 0.2) is 0 Å². The van der Waals surface area contributed by atoms with Crippen LogP contribution in [0.3, 0.4) is 0 Å². The lowest BCUT2D eigenvalue weighted by atomic mass is 10.0. The van der Waals surface area contributed by atoms with Gasteiger partial charge in [-0.2, -0.15) is 0 Å². The molecule has 96 valence electrons. The van der Waals surface area contributed by atoms with Gasteiger partial charge in [-0.05, 0) is 49.2 Å². The van der Waals surface area contributed by atoms with E-state index in [-0.39, 0.29) is 0 Å². The zero-order valence-electron chi connectivity index (χ0n) is 11.2. The molecule has 0 N–H and O–H groups in total. The molecule has 3 rings (SSSR count). The third kappa shape index (κ3) is 2.08. The molecular weight excluding hydrogens is 300 g/mol. The first-order valence-electron chi connectivity index (χ1n) is 6.26. The molecule has 3 aromatic rings. The number of benzene rings is 2. The first-order valence-corrected chi connectivity index (χ1v) is 7.05. The maximum absolute atomic E-state index is 4.63. The average molecular weight is 315 g/mol. The summed E-state index contributed by atoms with van der Waals surface area (Å²) in [6, 6.07) is 12.8. The summed E-state index contributed by atoms with van der Waals surface area (Å²) in [6.45, 7) is 4.16. The molecule has 0 radical (unpaired) electrons. The van der Waals surface area contributed by atoms with E-state index in [0.29, 0.717) is 0 Å². The van der Waals surface area contributed by atoms with Crippen LogP contribution in [0.5, 0.6) is 0 Å². The molecule has 0 aliphatic heterocycles. The average Bonchev–Trinajstić information content (AvgIpc) is 2.65. The van der Waals surface area contributed by atoms with Crippen LogP contribution in [0.15, 0.2) is 40.9 Å². The van der Waals surface area contributed by atoms with Gasteiger partial charge in [0.2, 0.25) is 0 Å². The van der Waals surface area contributed by atoms with Crippen molar-refractivity contribution >= 4 is 27.0 Å². The maximum Gasteiger partial charge on any atom is 0.106 e. The molecule has 0 bridgehead atoms. The topological polar surface area (TPSA) is 17.8 Å². The van der Waals surface area contributed by atoms with Gasteiger partial charge in [0.1, 0.15) is 5.82 Å². The van der Waals surface area contributed by atoms with E-state index in [0.717, 1.165) is 15.8 Å². The molecule has 0 amide bonds. The minimum Gasteiger partial charge on any atom is -0.331 e. The number of halogens is 1. The Kier molecular flexibility index (Phi) is 2.94. The summed E-state index contributed by atoms with van der Waals surface area (Å²) in [6.07, 6.45) is 0. The van der Waals surface area contributed by atoms with Crippen LogP contribution in [0.4, 0.5) is 0 Å². The summed E-state index contributed by atoms with van der Waals surface area (Å²) < 4.78 is 3.26. The molecule has 0 fully saturated rings. The van der Waals surface area contributed by atoms with Crippen LogP contribution in [0.1, 0.15) is 11.4 Å². The van der Waals surface area contributed by atoms with E-state index in [9.17, 15) is 0 Å². The summed E-state index contributed by atoms with van der Waals surface area (Å²) in [5.74, 6) is 1.04. The van der Waals surface area contributed by atoms with Crippen molar-refractivity contribution in [3.05, 3.63) is 52.3 Å². The van der Waals surface area contributed by atoms with Gasteiger partial charge in [-0.15, -0.1) is 0 Å². The quantitative estimate of drug-likeness (QED) is 0.641. The van der Waals surface area contributed by atoms with Crippen LogP contribution in [0.2, 0.25) is 0 Å². The van der Waals surface area contributed by atoms with Crippen LogP contribution >= 0.6 is 15.9 Å². The number of aryl methyl sites for hydroxylation is 3. The minimum atomic E-state index is 1.04. The standard InChI is InChI=1S/C16H15BrN2/c1-10-8-14(12-4-6-13(17)7-5-12)16-15(9-10)18-11(2)19(16)3/h4-9H,1-3H3. The molecule has 3 heteroatoms. The lowest BCUT2D eigenvalue weighted by Crippen LogP contribution is -1.93. The Bertz CT molecular complexity index is 755.